The average Bonchev–Trinajstić information content (AvgIpc) is 2.92. The molecule has 0 aromatic heterocycles. The molecule has 38 heavy (non-hydrogen) atoms. The monoisotopic (exact) mass is 558 g/mol. The third-order valence-electron chi connectivity index (χ3n) is 5.92. The summed E-state index contributed by atoms with van der Waals surface area (Å²) in [4.78, 5) is -2.03. The van der Waals surface area contributed by atoms with E-state index in [2.05, 4.69) is 5.32 Å². The number of sulfonamides is 1. The van der Waals surface area contributed by atoms with Gasteiger partial charge in [0.15, 0.2) is 17.5 Å². The van der Waals surface area contributed by atoms with E-state index in [1.807, 2.05) is 30.3 Å². The summed E-state index contributed by atoms with van der Waals surface area (Å²) in [6.45, 7) is 0. The minimum Gasteiger partial charge on any atom is -0.386 e. The Morgan fingerprint density at radius 2 is 1.32 bits per heavy atom. The lowest BCUT2D eigenvalue weighted by Gasteiger charge is -2.28. The summed E-state index contributed by atoms with van der Waals surface area (Å²) in [7, 11) is -4.92. The second-order valence-electron chi connectivity index (χ2n) is 8.49. The fourth-order valence-corrected chi connectivity index (χ4v) is 5.82. The SMILES string of the molecule is NS(=O)(=O)c1c(F)c(F)c(SCCc2ccccc2)c(F)c1N[C@@H](c1ccccc1)[C@@H](O)c1ccccc1. The van der Waals surface area contributed by atoms with Crippen molar-refractivity contribution in [1.29, 1.82) is 0 Å². The first kappa shape index (κ1) is 27.7. The molecule has 0 aliphatic rings. The van der Waals surface area contributed by atoms with Crippen LogP contribution in [-0.4, -0.2) is 19.3 Å². The van der Waals surface area contributed by atoms with Crippen molar-refractivity contribution in [2.75, 3.05) is 11.1 Å². The van der Waals surface area contributed by atoms with Crippen LogP contribution in [0, 0.1) is 17.5 Å². The van der Waals surface area contributed by atoms with Gasteiger partial charge in [0.2, 0.25) is 10.0 Å². The summed E-state index contributed by atoms with van der Waals surface area (Å²) in [6, 6.07) is 24.8. The van der Waals surface area contributed by atoms with Gasteiger partial charge in [-0.25, -0.2) is 26.7 Å². The van der Waals surface area contributed by atoms with Crippen molar-refractivity contribution in [2.45, 2.75) is 28.4 Å². The summed E-state index contributed by atoms with van der Waals surface area (Å²) < 4.78 is 70.8. The normalized spacial score (nSPS) is 13.2. The summed E-state index contributed by atoms with van der Waals surface area (Å²) in [5.41, 5.74) is 0.950. The number of hydrogen-bond acceptors (Lipinski definition) is 5. The van der Waals surface area contributed by atoms with Crippen LogP contribution in [0.15, 0.2) is 101 Å². The number of primary sulfonamides is 1. The maximum absolute atomic E-state index is 15.9. The van der Waals surface area contributed by atoms with Gasteiger partial charge in [-0.15, -0.1) is 11.8 Å². The van der Waals surface area contributed by atoms with Crippen LogP contribution in [0.5, 0.6) is 0 Å². The first-order valence-corrected chi connectivity index (χ1v) is 14.2. The molecule has 4 aromatic carbocycles. The second-order valence-corrected chi connectivity index (χ2v) is 11.1. The summed E-state index contributed by atoms with van der Waals surface area (Å²) in [6.07, 6.45) is -0.876. The topological polar surface area (TPSA) is 92.4 Å². The molecule has 0 saturated heterocycles. The predicted molar refractivity (Wildman–Crippen MR) is 143 cm³/mol. The predicted octanol–water partition coefficient (Wildman–Crippen LogP) is 5.97. The van der Waals surface area contributed by atoms with Gasteiger partial charge in [-0.2, -0.15) is 0 Å². The van der Waals surface area contributed by atoms with Crippen molar-refractivity contribution in [1.82, 2.24) is 0 Å². The van der Waals surface area contributed by atoms with Crippen LogP contribution in [0.1, 0.15) is 28.8 Å². The van der Waals surface area contributed by atoms with E-state index >= 15 is 13.2 Å². The molecule has 0 aliphatic carbocycles. The fraction of sp³-hybridized carbons (Fsp3) is 0.143. The van der Waals surface area contributed by atoms with E-state index in [0.717, 1.165) is 5.56 Å². The van der Waals surface area contributed by atoms with E-state index in [0.29, 0.717) is 29.3 Å². The molecular formula is C28H25F3N2O3S2. The zero-order chi connectivity index (χ0) is 27.3. The first-order chi connectivity index (χ1) is 18.2. The standard InChI is InChI=1S/C28H25F3N2O3S2/c29-21-22(30)28(38(32,35)36)25(23(31)27(21)37-17-16-18-10-4-1-5-11-18)33-24(19-12-6-2-7-13-19)26(34)20-14-8-3-9-15-20/h1-15,24,26,33-34H,16-17H2,(H2,32,35,36)/t24-,26-/m0/s1. The van der Waals surface area contributed by atoms with E-state index < -0.39 is 55.1 Å². The molecule has 0 saturated carbocycles. The molecule has 0 heterocycles. The third kappa shape index (κ3) is 6.21. The van der Waals surface area contributed by atoms with Crippen LogP contribution < -0.4 is 10.5 Å². The number of thioether (sulfide) groups is 1. The quantitative estimate of drug-likeness (QED) is 0.165. The van der Waals surface area contributed by atoms with Crippen molar-refractivity contribution in [3.63, 3.8) is 0 Å². The van der Waals surface area contributed by atoms with Gasteiger partial charge < -0.3 is 10.4 Å². The van der Waals surface area contributed by atoms with Gasteiger partial charge in [-0.05, 0) is 23.1 Å². The highest BCUT2D eigenvalue weighted by atomic mass is 32.2. The summed E-state index contributed by atoms with van der Waals surface area (Å²) in [5, 5.41) is 19.1. The molecule has 0 fully saturated rings. The van der Waals surface area contributed by atoms with Gasteiger partial charge in [0.05, 0.1) is 16.6 Å². The molecule has 5 nitrogen and oxygen atoms in total. The van der Waals surface area contributed by atoms with Crippen molar-refractivity contribution < 1.29 is 26.7 Å². The number of aliphatic hydroxyl groups excluding tert-OH is 1. The smallest absolute Gasteiger partial charge is 0.243 e. The van der Waals surface area contributed by atoms with Crippen LogP contribution in [-0.2, 0) is 16.4 Å². The highest BCUT2D eigenvalue weighted by Gasteiger charge is 2.34. The van der Waals surface area contributed by atoms with Gasteiger partial charge in [-0.1, -0.05) is 91.0 Å². The molecule has 0 radical (unpaired) electrons. The van der Waals surface area contributed by atoms with E-state index in [1.165, 1.54) is 0 Å². The van der Waals surface area contributed by atoms with Crippen LogP contribution in [0.2, 0.25) is 0 Å². The molecule has 0 spiro atoms. The van der Waals surface area contributed by atoms with Crippen LogP contribution in [0.3, 0.4) is 0 Å². The van der Waals surface area contributed by atoms with Gasteiger partial charge in [0, 0.05) is 5.75 Å². The van der Waals surface area contributed by atoms with Crippen LogP contribution in [0.25, 0.3) is 0 Å². The molecule has 0 bridgehead atoms. The summed E-state index contributed by atoms with van der Waals surface area (Å²) in [5.74, 6) is -4.55. The average molecular weight is 559 g/mol. The Labute approximate surface area is 223 Å². The molecule has 0 unspecified atom stereocenters. The first-order valence-electron chi connectivity index (χ1n) is 11.6. The van der Waals surface area contributed by atoms with Crippen LogP contribution in [0.4, 0.5) is 18.9 Å². The van der Waals surface area contributed by atoms with E-state index in [1.54, 1.807) is 60.7 Å². The lowest BCUT2D eigenvalue weighted by molar-refractivity contribution is 0.154. The molecule has 2 atom stereocenters. The fourth-order valence-electron chi connectivity index (χ4n) is 4.06. The number of halogens is 3. The molecule has 0 amide bonds. The highest BCUT2D eigenvalue weighted by molar-refractivity contribution is 7.99. The number of aryl methyl sites for hydroxylation is 1. The number of benzene rings is 4. The van der Waals surface area contributed by atoms with Crippen molar-refractivity contribution >= 4 is 27.5 Å². The Morgan fingerprint density at radius 3 is 1.87 bits per heavy atom. The van der Waals surface area contributed by atoms with Crippen molar-refractivity contribution in [3.8, 4) is 0 Å². The van der Waals surface area contributed by atoms with Crippen molar-refractivity contribution in [2.24, 2.45) is 5.14 Å². The Kier molecular flexibility index (Phi) is 8.78. The molecule has 4 aromatic rings. The van der Waals surface area contributed by atoms with E-state index in [-0.39, 0.29) is 5.75 Å². The molecule has 4 rings (SSSR count). The Bertz CT molecular complexity index is 1490. The number of anilines is 1. The number of hydrogen-bond donors (Lipinski definition) is 3. The number of nitrogens with one attached hydrogen (secondary N) is 1. The Morgan fingerprint density at radius 1 is 0.789 bits per heavy atom. The second kappa shape index (κ2) is 12.0. The van der Waals surface area contributed by atoms with Crippen LogP contribution >= 0.6 is 11.8 Å². The largest absolute Gasteiger partial charge is 0.386 e. The maximum atomic E-state index is 15.9. The van der Waals surface area contributed by atoms with Gasteiger partial charge >= 0.3 is 0 Å². The van der Waals surface area contributed by atoms with E-state index in [9.17, 15) is 13.5 Å². The van der Waals surface area contributed by atoms with Gasteiger partial charge in [-0.3, -0.25) is 0 Å². The molecule has 4 N–H and O–H groups in total. The Balaban J connectivity index is 1.79. The Hall–Kier alpha value is -3.31. The molecule has 0 aliphatic heterocycles. The number of nitrogens with two attached hydrogens (primary N) is 1. The third-order valence-corrected chi connectivity index (χ3v) is 7.92. The summed E-state index contributed by atoms with van der Waals surface area (Å²) >= 11 is 0.716. The molecular weight excluding hydrogens is 533 g/mol. The molecule has 198 valence electrons. The highest BCUT2D eigenvalue weighted by Crippen LogP contribution is 2.41. The molecule has 10 heteroatoms. The maximum Gasteiger partial charge on any atom is 0.243 e. The van der Waals surface area contributed by atoms with Crippen molar-refractivity contribution in [3.05, 3.63) is 125 Å². The van der Waals surface area contributed by atoms with Gasteiger partial charge in [0.1, 0.15) is 11.0 Å². The lowest BCUT2D eigenvalue weighted by Crippen LogP contribution is -2.25. The zero-order valence-electron chi connectivity index (χ0n) is 20.0. The number of rotatable bonds is 10. The van der Waals surface area contributed by atoms with Gasteiger partial charge in [0.25, 0.3) is 0 Å². The minimum absolute atomic E-state index is 0.195. The lowest BCUT2D eigenvalue weighted by atomic mass is 9.95. The minimum atomic E-state index is -4.92. The number of aliphatic hydroxyl groups is 1. The van der Waals surface area contributed by atoms with E-state index in [4.69, 9.17) is 5.14 Å². The zero-order valence-corrected chi connectivity index (χ0v) is 21.7.